The Balaban J connectivity index is 1.45. The highest BCUT2D eigenvalue weighted by Gasteiger charge is 2.24. The van der Waals surface area contributed by atoms with Crippen molar-refractivity contribution in [1.29, 1.82) is 0 Å². The first kappa shape index (κ1) is 19.0. The summed E-state index contributed by atoms with van der Waals surface area (Å²) in [7, 11) is 0. The van der Waals surface area contributed by atoms with Gasteiger partial charge in [0, 0.05) is 10.9 Å². The number of aromatic amines is 1. The van der Waals surface area contributed by atoms with Crippen molar-refractivity contribution in [1.82, 2.24) is 15.3 Å². The van der Waals surface area contributed by atoms with Gasteiger partial charge in [0.25, 0.3) is 5.56 Å². The van der Waals surface area contributed by atoms with Crippen molar-refractivity contribution >= 4 is 39.2 Å². The molecule has 2 aromatic heterocycles. The number of nitrogens with zero attached hydrogens (tertiary/aromatic N) is 1. The molecule has 2 aliphatic rings. The lowest BCUT2D eigenvalue weighted by molar-refractivity contribution is -0.119. The van der Waals surface area contributed by atoms with Crippen LogP contribution in [0, 0.1) is 11.8 Å². The van der Waals surface area contributed by atoms with E-state index in [1.165, 1.54) is 41.5 Å². The molecule has 0 spiro atoms. The molecule has 1 amide bonds. The summed E-state index contributed by atoms with van der Waals surface area (Å²) in [6, 6.07) is 0.285. The van der Waals surface area contributed by atoms with Gasteiger partial charge in [-0.1, -0.05) is 38.5 Å². The molecule has 0 aromatic carbocycles. The molecule has 1 fully saturated rings. The average molecular weight is 406 g/mol. The topological polar surface area (TPSA) is 74.8 Å². The lowest BCUT2D eigenvalue weighted by Gasteiger charge is -2.29. The molecule has 7 heteroatoms. The standard InChI is InChI=1S/C20H27N3O2S2/c1-11-7-8-13-15(9-11)27-19-17(13)18(25)22-20(23-19)26-10-16(24)21-14-6-4-3-5-12(14)2/h11-12,14H,3-10H2,1-2H3,(H,21,24)(H,22,23,25)/t11-,12+,14-/m1/s1. The maximum Gasteiger partial charge on any atom is 0.260 e. The highest BCUT2D eigenvalue weighted by molar-refractivity contribution is 7.99. The monoisotopic (exact) mass is 405 g/mol. The van der Waals surface area contributed by atoms with E-state index in [-0.39, 0.29) is 17.5 Å². The highest BCUT2D eigenvalue weighted by atomic mass is 32.2. The maximum absolute atomic E-state index is 12.6. The van der Waals surface area contributed by atoms with Crippen molar-refractivity contribution < 1.29 is 4.79 Å². The van der Waals surface area contributed by atoms with Gasteiger partial charge in [-0.2, -0.15) is 0 Å². The number of thiophene rings is 1. The van der Waals surface area contributed by atoms with E-state index >= 15 is 0 Å². The molecular weight excluding hydrogens is 378 g/mol. The van der Waals surface area contributed by atoms with E-state index in [9.17, 15) is 9.59 Å². The Labute approximate surface area is 167 Å². The number of H-pyrrole nitrogens is 1. The molecule has 146 valence electrons. The molecule has 1 saturated carbocycles. The van der Waals surface area contributed by atoms with Crippen LogP contribution in [0.3, 0.4) is 0 Å². The van der Waals surface area contributed by atoms with Gasteiger partial charge in [0.05, 0.1) is 11.1 Å². The lowest BCUT2D eigenvalue weighted by atomic mass is 9.86. The largest absolute Gasteiger partial charge is 0.352 e. The molecule has 2 aromatic rings. The van der Waals surface area contributed by atoms with Crippen LogP contribution < -0.4 is 10.9 Å². The van der Waals surface area contributed by atoms with Crippen LogP contribution in [0.4, 0.5) is 0 Å². The van der Waals surface area contributed by atoms with Crippen LogP contribution in [0.25, 0.3) is 10.2 Å². The molecule has 0 radical (unpaired) electrons. The van der Waals surface area contributed by atoms with Crippen LogP contribution in [-0.4, -0.2) is 27.7 Å². The molecule has 2 N–H and O–H groups in total. The number of thioether (sulfide) groups is 1. The molecule has 5 nitrogen and oxygen atoms in total. The van der Waals surface area contributed by atoms with Crippen molar-refractivity contribution in [2.24, 2.45) is 11.8 Å². The van der Waals surface area contributed by atoms with E-state index < -0.39 is 0 Å². The van der Waals surface area contributed by atoms with Crippen molar-refractivity contribution in [2.45, 2.75) is 70.0 Å². The molecule has 0 bridgehead atoms. The van der Waals surface area contributed by atoms with Crippen LogP contribution in [-0.2, 0) is 17.6 Å². The lowest BCUT2D eigenvalue weighted by Crippen LogP contribution is -2.41. The number of hydrogen-bond acceptors (Lipinski definition) is 5. The number of nitrogens with one attached hydrogen (secondary N) is 2. The van der Waals surface area contributed by atoms with Crippen LogP contribution >= 0.6 is 23.1 Å². The number of hydrogen-bond donors (Lipinski definition) is 2. The Kier molecular flexibility index (Phi) is 5.60. The third-order valence-corrected chi connectivity index (χ3v) is 7.96. The van der Waals surface area contributed by atoms with Gasteiger partial charge in [-0.3, -0.25) is 9.59 Å². The number of rotatable bonds is 4. The zero-order valence-electron chi connectivity index (χ0n) is 16.0. The van der Waals surface area contributed by atoms with Crippen molar-refractivity contribution in [3.8, 4) is 0 Å². The summed E-state index contributed by atoms with van der Waals surface area (Å²) in [5.41, 5.74) is 1.14. The van der Waals surface area contributed by atoms with Crippen LogP contribution in [0.5, 0.6) is 0 Å². The number of carbonyl (C=O) groups excluding carboxylic acids is 1. The van der Waals surface area contributed by atoms with E-state index in [1.54, 1.807) is 11.3 Å². The SMILES string of the molecule is C[C@@H]1CCc2c(sc3nc(SCC(=O)N[C@@H]4CCCC[C@@H]4C)[nH]c(=O)c23)C1. The molecule has 0 aliphatic heterocycles. The second-order valence-corrected chi connectivity index (χ2v) is 10.2. The van der Waals surface area contributed by atoms with Crippen molar-refractivity contribution in [2.75, 3.05) is 5.75 Å². The summed E-state index contributed by atoms with van der Waals surface area (Å²) < 4.78 is 0. The first-order valence-corrected chi connectivity index (χ1v) is 11.8. The second-order valence-electron chi connectivity index (χ2n) is 8.13. The number of amides is 1. The molecule has 4 rings (SSSR count). The van der Waals surface area contributed by atoms with Gasteiger partial charge < -0.3 is 10.3 Å². The summed E-state index contributed by atoms with van der Waals surface area (Å²) in [6.07, 6.45) is 7.85. The average Bonchev–Trinajstić information content (AvgIpc) is 2.99. The maximum atomic E-state index is 12.6. The van der Waals surface area contributed by atoms with Gasteiger partial charge in [-0.15, -0.1) is 11.3 Å². The quantitative estimate of drug-likeness (QED) is 0.598. The number of carbonyl (C=O) groups is 1. The minimum absolute atomic E-state index is 0.0285. The van der Waals surface area contributed by atoms with E-state index in [2.05, 4.69) is 29.1 Å². The Morgan fingerprint density at radius 2 is 2.11 bits per heavy atom. The summed E-state index contributed by atoms with van der Waals surface area (Å²) in [6.45, 7) is 4.47. The number of aromatic nitrogens is 2. The number of aryl methyl sites for hydroxylation is 1. The third-order valence-electron chi connectivity index (χ3n) is 5.94. The fraction of sp³-hybridized carbons (Fsp3) is 0.650. The first-order valence-electron chi connectivity index (χ1n) is 9.98. The summed E-state index contributed by atoms with van der Waals surface area (Å²) in [4.78, 5) is 34.6. The van der Waals surface area contributed by atoms with Crippen LogP contribution in [0.15, 0.2) is 9.95 Å². The number of fused-ring (bicyclic) bond motifs is 3. The predicted molar refractivity (Wildman–Crippen MR) is 112 cm³/mol. The van der Waals surface area contributed by atoms with E-state index in [4.69, 9.17) is 0 Å². The van der Waals surface area contributed by atoms with Gasteiger partial charge >= 0.3 is 0 Å². The molecule has 0 saturated heterocycles. The Hall–Kier alpha value is -1.34. The second kappa shape index (κ2) is 7.95. The zero-order valence-corrected chi connectivity index (χ0v) is 17.6. The molecule has 2 aliphatic carbocycles. The molecule has 0 unspecified atom stereocenters. The smallest absolute Gasteiger partial charge is 0.260 e. The normalized spacial score (nSPS) is 25.3. The molecule has 27 heavy (non-hydrogen) atoms. The van der Waals surface area contributed by atoms with E-state index in [0.717, 1.165) is 35.9 Å². The Morgan fingerprint density at radius 1 is 1.30 bits per heavy atom. The van der Waals surface area contributed by atoms with Gasteiger partial charge in [0.1, 0.15) is 4.83 Å². The van der Waals surface area contributed by atoms with Crippen LogP contribution in [0.2, 0.25) is 0 Å². The predicted octanol–water partition coefficient (Wildman–Crippen LogP) is 3.90. The first-order chi connectivity index (χ1) is 13.0. The zero-order chi connectivity index (χ0) is 19.0. The summed E-state index contributed by atoms with van der Waals surface area (Å²) in [5, 5.41) is 4.48. The third kappa shape index (κ3) is 4.09. The van der Waals surface area contributed by atoms with E-state index in [1.807, 2.05) is 0 Å². The Bertz CT molecular complexity index is 904. The molecule has 3 atom stereocenters. The van der Waals surface area contributed by atoms with Gasteiger partial charge in [-0.25, -0.2) is 4.98 Å². The van der Waals surface area contributed by atoms with Crippen molar-refractivity contribution in [3.63, 3.8) is 0 Å². The highest BCUT2D eigenvalue weighted by Crippen LogP contribution is 2.36. The van der Waals surface area contributed by atoms with Crippen molar-refractivity contribution in [3.05, 3.63) is 20.8 Å². The fourth-order valence-corrected chi connectivity index (χ4v) is 6.42. The van der Waals surface area contributed by atoms with Gasteiger partial charge in [0.15, 0.2) is 5.16 Å². The fourth-order valence-electron chi connectivity index (χ4n) is 4.31. The minimum atomic E-state index is -0.0594. The van der Waals surface area contributed by atoms with Gasteiger partial charge in [0.2, 0.25) is 5.91 Å². The van der Waals surface area contributed by atoms with Crippen LogP contribution in [0.1, 0.15) is 56.4 Å². The van der Waals surface area contributed by atoms with Gasteiger partial charge in [-0.05, 0) is 49.5 Å². The molecular formula is C20H27N3O2S2. The molecule has 2 heterocycles. The van der Waals surface area contributed by atoms with E-state index in [0.29, 0.717) is 22.7 Å². The minimum Gasteiger partial charge on any atom is -0.352 e. The Morgan fingerprint density at radius 3 is 2.93 bits per heavy atom. The summed E-state index contributed by atoms with van der Waals surface area (Å²) in [5.74, 6) is 1.53. The summed E-state index contributed by atoms with van der Waals surface area (Å²) >= 11 is 2.97.